The first kappa shape index (κ1) is 11.0. The van der Waals surface area contributed by atoms with Crippen LogP contribution >= 0.6 is 0 Å². The fourth-order valence-electron chi connectivity index (χ4n) is 1.78. The quantitative estimate of drug-likeness (QED) is 0.733. The van der Waals surface area contributed by atoms with Gasteiger partial charge >= 0.3 is 0 Å². The van der Waals surface area contributed by atoms with Crippen molar-refractivity contribution in [3.8, 4) is 11.5 Å². The number of hydrogen-bond acceptors (Lipinski definition) is 5. The fraction of sp³-hybridized carbons (Fsp3) is 0.455. The number of benzene rings is 1. The summed E-state index contributed by atoms with van der Waals surface area (Å²) < 4.78 is 10.8. The molecule has 88 valence electrons. The molecule has 2 rings (SSSR count). The van der Waals surface area contributed by atoms with Crippen LogP contribution in [0, 0.1) is 0 Å². The smallest absolute Gasteiger partial charge is 0.144 e. The molecule has 0 saturated heterocycles. The number of ether oxygens (including phenoxy) is 2. The number of nitrogens with zero attached hydrogens (tertiary/aromatic N) is 1. The molecular formula is C11H16N2O3. The Morgan fingerprint density at radius 3 is 3.12 bits per heavy atom. The highest BCUT2D eigenvalue weighted by molar-refractivity contribution is 5.62. The van der Waals surface area contributed by atoms with Crippen molar-refractivity contribution in [3.63, 3.8) is 0 Å². The first-order chi connectivity index (χ1) is 7.74. The fourth-order valence-corrected chi connectivity index (χ4v) is 1.78. The Labute approximate surface area is 94.3 Å². The van der Waals surface area contributed by atoms with Gasteiger partial charge in [0.05, 0.1) is 19.3 Å². The molecule has 0 aromatic heterocycles. The third kappa shape index (κ3) is 2.05. The molecule has 0 spiro atoms. The lowest BCUT2D eigenvalue weighted by molar-refractivity contribution is 0.149. The summed E-state index contributed by atoms with van der Waals surface area (Å²) in [6.45, 7) is 0.671. The van der Waals surface area contributed by atoms with E-state index in [1.807, 2.05) is 18.2 Å². The maximum absolute atomic E-state index is 8.88. The molecule has 0 saturated carbocycles. The van der Waals surface area contributed by atoms with Crippen LogP contribution in [0.2, 0.25) is 0 Å². The number of methoxy groups -OCH3 is 1. The number of anilines is 1. The van der Waals surface area contributed by atoms with Crippen molar-refractivity contribution in [1.29, 1.82) is 0 Å². The maximum Gasteiger partial charge on any atom is 0.144 e. The van der Waals surface area contributed by atoms with Crippen LogP contribution in [0.25, 0.3) is 0 Å². The number of aliphatic hydroxyl groups is 1. The van der Waals surface area contributed by atoms with Gasteiger partial charge < -0.3 is 19.6 Å². The van der Waals surface area contributed by atoms with E-state index in [4.69, 9.17) is 20.4 Å². The molecule has 1 heterocycles. The van der Waals surface area contributed by atoms with Crippen molar-refractivity contribution >= 4 is 5.69 Å². The average Bonchev–Trinajstić information content (AvgIpc) is 2.29. The Hall–Kier alpha value is -1.46. The topological polar surface area (TPSA) is 68.0 Å². The summed E-state index contributed by atoms with van der Waals surface area (Å²) in [5, 5.41) is 10.5. The van der Waals surface area contributed by atoms with Crippen LogP contribution in [0.5, 0.6) is 11.5 Å². The maximum atomic E-state index is 8.88. The second-order valence-corrected chi connectivity index (χ2v) is 3.74. The van der Waals surface area contributed by atoms with Crippen LogP contribution in [0.1, 0.15) is 6.42 Å². The van der Waals surface area contributed by atoms with Gasteiger partial charge in [-0.25, -0.2) is 5.84 Å². The lowest BCUT2D eigenvalue weighted by Crippen LogP contribution is -2.44. The number of nitrogens with two attached hydrogens (primary N) is 1. The minimum atomic E-state index is -0.0594. The van der Waals surface area contributed by atoms with Gasteiger partial charge in [-0.3, -0.25) is 0 Å². The summed E-state index contributed by atoms with van der Waals surface area (Å²) in [5.41, 5.74) is 0.813. The molecule has 1 aromatic rings. The molecule has 0 radical (unpaired) electrons. The summed E-state index contributed by atoms with van der Waals surface area (Å²) in [5.74, 6) is 7.38. The van der Waals surface area contributed by atoms with Crippen LogP contribution in [-0.2, 0) is 0 Å². The zero-order chi connectivity index (χ0) is 11.5. The van der Waals surface area contributed by atoms with Crippen LogP contribution in [0.4, 0.5) is 5.69 Å². The van der Waals surface area contributed by atoms with Crippen molar-refractivity contribution in [2.24, 2.45) is 5.84 Å². The number of aliphatic hydroxyl groups excluding tert-OH is 1. The van der Waals surface area contributed by atoms with Crippen molar-refractivity contribution in [1.82, 2.24) is 0 Å². The van der Waals surface area contributed by atoms with E-state index in [9.17, 15) is 0 Å². The van der Waals surface area contributed by atoms with E-state index in [0.717, 1.165) is 17.2 Å². The molecule has 0 amide bonds. The molecule has 5 nitrogen and oxygen atoms in total. The van der Waals surface area contributed by atoms with Crippen LogP contribution in [0.15, 0.2) is 18.2 Å². The van der Waals surface area contributed by atoms with E-state index in [1.54, 1.807) is 12.1 Å². The van der Waals surface area contributed by atoms with E-state index < -0.39 is 0 Å². The Bertz CT molecular complexity index is 370. The predicted molar refractivity (Wildman–Crippen MR) is 60.6 cm³/mol. The second-order valence-electron chi connectivity index (χ2n) is 3.74. The van der Waals surface area contributed by atoms with Crippen molar-refractivity contribution in [3.05, 3.63) is 18.2 Å². The molecule has 1 aliphatic rings. The average molecular weight is 224 g/mol. The van der Waals surface area contributed by atoms with Gasteiger partial charge in [0.2, 0.25) is 0 Å². The van der Waals surface area contributed by atoms with Gasteiger partial charge in [0.25, 0.3) is 0 Å². The van der Waals surface area contributed by atoms with E-state index in [1.165, 1.54) is 0 Å². The van der Waals surface area contributed by atoms with Gasteiger partial charge in [-0.05, 0) is 12.1 Å². The lowest BCUT2D eigenvalue weighted by Gasteiger charge is -2.33. The van der Waals surface area contributed by atoms with E-state index in [-0.39, 0.29) is 12.7 Å². The van der Waals surface area contributed by atoms with Crippen molar-refractivity contribution < 1.29 is 14.6 Å². The Morgan fingerprint density at radius 1 is 1.62 bits per heavy atom. The molecule has 0 bridgehead atoms. The standard InChI is InChI=1S/C11H16N2O3/c1-15-8-2-3-11-10(6-8)13(12)7-9(16-11)4-5-14/h2-3,6,9,14H,4-5,7,12H2,1H3. The molecule has 0 aliphatic carbocycles. The zero-order valence-electron chi connectivity index (χ0n) is 9.22. The predicted octanol–water partition coefficient (Wildman–Crippen LogP) is 0.519. The summed E-state index contributed by atoms with van der Waals surface area (Å²) in [6, 6.07) is 5.50. The number of hydrazine groups is 1. The molecule has 1 atom stereocenters. The van der Waals surface area contributed by atoms with E-state index in [0.29, 0.717) is 13.0 Å². The third-order valence-corrected chi connectivity index (χ3v) is 2.62. The summed E-state index contributed by atoms with van der Waals surface area (Å²) in [6.07, 6.45) is 0.523. The van der Waals surface area contributed by atoms with Gasteiger partial charge in [-0.15, -0.1) is 0 Å². The summed E-state index contributed by atoms with van der Waals surface area (Å²) in [4.78, 5) is 0. The van der Waals surface area contributed by atoms with Gasteiger partial charge in [-0.2, -0.15) is 0 Å². The highest BCUT2D eigenvalue weighted by Crippen LogP contribution is 2.35. The van der Waals surface area contributed by atoms with Gasteiger partial charge in [0.15, 0.2) is 0 Å². The normalized spacial score (nSPS) is 18.9. The number of rotatable bonds is 3. The number of hydrogen-bond donors (Lipinski definition) is 2. The summed E-state index contributed by atoms with van der Waals surface area (Å²) >= 11 is 0. The largest absolute Gasteiger partial charge is 0.497 e. The molecule has 1 unspecified atom stereocenters. The third-order valence-electron chi connectivity index (χ3n) is 2.62. The van der Waals surface area contributed by atoms with Gasteiger partial charge in [0.1, 0.15) is 17.6 Å². The summed E-state index contributed by atoms with van der Waals surface area (Å²) in [7, 11) is 1.61. The first-order valence-electron chi connectivity index (χ1n) is 5.22. The Morgan fingerprint density at radius 2 is 2.44 bits per heavy atom. The SMILES string of the molecule is COc1ccc2c(c1)N(N)CC(CCO)O2. The molecule has 5 heteroatoms. The molecular weight excluding hydrogens is 208 g/mol. The van der Waals surface area contributed by atoms with Crippen LogP contribution in [-0.4, -0.2) is 31.5 Å². The van der Waals surface area contributed by atoms with Gasteiger partial charge in [0, 0.05) is 19.1 Å². The molecule has 3 N–H and O–H groups in total. The monoisotopic (exact) mass is 224 g/mol. The first-order valence-corrected chi connectivity index (χ1v) is 5.22. The molecule has 0 fully saturated rings. The van der Waals surface area contributed by atoms with Crippen LogP contribution in [0.3, 0.4) is 0 Å². The highest BCUT2D eigenvalue weighted by atomic mass is 16.5. The Balaban J connectivity index is 2.23. The van der Waals surface area contributed by atoms with Gasteiger partial charge in [-0.1, -0.05) is 0 Å². The second kappa shape index (κ2) is 4.59. The lowest BCUT2D eigenvalue weighted by atomic mass is 10.1. The van der Waals surface area contributed by atoms with Crippen LogP contribution < -0.4 is 20.3 Å². The zero-order valence-corrected chi connectivity index (χ0v) is 9.22. The van der Waals surface area contributed by atoms with E-state index in [2.05, 4.69) is 0 Å². The molecule has 16 heavy (non-hydrogen) atoms. The molecule has 1 aromatic carbocycles. The van der Waals surface area contributed by atoms with Crippen molar-refractivity contribution in [2.75, 3.05) is 25.3 Å². The highest BCUT2D eigenvalue weighted by Gasteiger charge is 2.23. The van der Waals surface area contributed by atoms with Crippen molar-refractivity contribution in [2.45, 2.75) is 12.5 Å². The minimum absolute atomic E-state index is 0.0594. The van der Waals surface area contributed by atoms with E-state index >= 15 is 0 Å². The minimum Gasteiger partial charge on any atom is -0.497 e. The molecule has 1 aliphatic heterocycles. The Kier molecular flexibility index (Phi) is 3.17. The number of fused-ring (bicyclic) bond motifs is 1.